The number of aliphatic hydroxyl groups is 1. The minimum atomic E-state index is -1.26. The summed E-state index contributed by atoms with van der Waals surface area (Å²) in [5.74, 6) is -0.177. The molecular formula is C7H13FO2. The smallest absolute Gasteiger partial charge is 0.132 e. The number of aliphatic hydroxyl groups excluding tert-OH is 1. The number of carbonyl (C=O) groups excluding carboxylic acids is 1. The fourth-order valence-corrected chi connectivity index (χ4v) is 0.694. The van der Waals surface area contributed by atoms with E-state index in [1.807, 2.05) is 0 Å². The van der Waals surface area contributed by atoms with Gasteiger partial charge in [0, 0.05) is 6.42 Å². The van der Waals surface area contributed by atoms with Gasteiger partial charge in [-0.15, -0.1) is 0 Å². The highest BCUT2D eigenvalue weighted by molar-refractivity contribution is 5.76. The average Bonchev–Trinajstić information content (AvgIpc) is 1.85. The van der Waals surface area contributed by atoms with E-state index in [2.05, 4.69) is 0 Å². The first kappa shape index (κ1) is 9.56. The van der Waals surface area contributed by atoms with Crippen LogP contribution in [0.4, 0.5) is 4.39 Å². The molecule has 0 bridgehead atoms. The Morgan fingerprint density at radius 2 is 2.20 bits per heavy atom. The Morgan fingerprint density at radius 3 is 2.50 bits per heavy atom. The van der Waals surface area contributed by atoms with Crippen LogP contribution in [0.5, 0.6) is 0 Å². The van der Waals surface area contributed by atoms with Crippen LogP contribution in [0.25, 0.3) is 0 Å². The Kier molecular flexibility index (Phi) is 4.19. The Labute approximate surface area is 60.1 Å². The van der Waals surface area contributed by atoms with Crippen LogP contribution >= 0.6 is 0 Å². The normalized spacial score (nSPS) is 16.4. The molecule has 0 aromatic heterocycles. The largest absolute Gasteiger partial charge is 0.390 e. The van der Waals surface area contributed by atoms with E-state index in [1.165, 1.54) is 6.92 Å². The fourth-order valence-electron chi connectivity index (χ4n) is 0.694. The van der Waals surface area contributed by atoms with Crippen LogP contribution in [0.15, 0.2) is 0 Å². The second-order valence-corrected chi connectivity index (χ2v) is 2.40. The van der Waals surface area contributed by atoms with Crippen molar-refractivity contribution in [3.63, 3.8) is 0 Å². The third kappa shape index (κ3) is 3.56. The molecule has 0 aromatic carbocycles. The second-order valence-electron chi connectivity index (χ2n) is 2.40. The third-order valence-electron chi connectivity index (χ3n) is 1.30. The number of alkyl halides is 1. The predicted molar refractivity (Wildman–Crippen MR) is 36.5 cm³/mol. The van der Waals surface area contributed by atoms with Crippen LogP contribution in [-0.4, -0.2) is 23.2 Å². The van der Waals surface area contributed by atoms with Gasteiger partial charge in [0.2, 0.25) is 0 Å². The van der Waals surface area contributed by atoms with E-state index in [-0.39, 0.29) is 18.6 Å². The molecule has 0 amide bonds. The maximum atomic E-state index is 12.5. The lowest BCUT2D eigenvalue weighted by molar-refractivity contribution is -0.119. The van der Waals surface area contributed by atoms with E-state index in [9.17, 15) is 9.18 Å². The monoisotopic (exact) mass is 148 g/mol. The van der Waals surface area contributed by atoms with Gasteiger partial charge in [-0.05, 0) is 13.3 Å². The van der Waals surface area contributed by atoms with Gasteiger partial charge in [-0.2, -0.15) is 0 Å². The molecule has 0 fully saturated rings. The molecule has 1 N–H and O–H groups in total. The van der Waals surface area contributed by atoms with Crippen molar-refractivity contribution in [1.82, 2.24) is 0 Å². The maximum Gasteiger partial charge on any atom is 0.132 e. The zero-order valence-electron chi connectivity index (χ0n) is 6.30. The average molecular weight is 148 g/mol. The van der Waals surface area contributed by atoms with E-state index < -0.39 is 12.3 Å². The molecule has 0 rings (SSSR count). The van der Waals surface area contributed by atoms with Gasteiger partial charge in [0.05, 0.1) is 6.10 Å². The van der Waals surface area contributed by atoms with Crippen LogP contribution in [0.2, 0.25) is 0 Å². The van der Waals surface area contributed by atoms with Gasteiger partial charge in [-0.1, -0.05) is 6.92 Å². The highest BCUT2D eigenvalue weighted by atomic mass is 19.1. The van der Waals surface area contributed by atoms with Crippen molar-refractivity contribution in [2.75, 3.05) is 0 Å². The molecule has 0 aromatic rings. The van der Waals surface area contributed by atoms with E-state index in [0.29, 0.717) is 0 Å². The molecule has 0 saturated carbocycles. The maximum absolute atomic E-state index is 12.5. The minimum absolute atomic E-state index is 0.0744. The molecule has 10 heavy (non-hydrogen) atoms. The number of halogens is 1. The summed E-state index contributed by atoms with van der Waals surface area (Å²) in [5, 5.41) is 8.89. The second kappa shape index (κ2) is 4.39. The molecule has 0 saturated heterocycles. The lowest BCUT2D eigenvalue weighted by Crippen LogP contribution is -2.23. The number of carbonyl (C=O) groups is 1. The number of rotatable bonds is 4. The van der Waals surface area contributed by atoms with Gasteiger partial charge in [-0.25, -0.2) is 4.39 Å². The first-order valence-corrected chi connectivity index (χ1v) is 3.39. The minimum Gasteiger partial charge on any atom is -0.390 e. The molecule has 0 aliphatic carbocycles. The number of ketones is 1. The predicted octanol–water partition coefficient (Wildman–Crippen LogP) is 1.07. The van der Waals surface area contributed by atoms with Crippen LogP contribution < -0.4 is 0 Å². The summed E-state index contributed by atoms with van der Waals surface area (Å²) in [6.07, 6.45) is -2.19. The van der Waals surface area contributed by atoms with Crippen molar-refractivity contribution in [3.8, 4) is 0 Å². The Bertz CT molecular complexity index is 114. The number of hydrogen-bond donors (Lipinski definition) is 1. The summed E-state index contributed by atoms with van der Waals surface area (Å²) >= 11 is 0. The van der Waals surface area contributed by atoms with Gasteiger partial charge < -0.3 is 5.11 Å². The SMILES string of the molecule is CCC(F)C(O)CC(C)=O. The highest BCUT2D eigenvalue weighted by Crippen LogP contribution is 2.07. The zero-order valence-corrected chi connectivity index (χ0v) is 6.30. The standard InChI is InChI=1S/C7H13FO2/c1-3-6(8)7(10)4-5(2)9/h6-7,10H,3-4H2,1-2H3. The first-order chi connectivity index (χ1) is 4.57. The Balaban J connectivity index is 3.61. The summed E-state index contributed by atoms with van der Waals surface area (Å²) in [6, 6.07) is 0. The van der Waals surface area contributed by atoms with Crippen molar-refractivity contribution in [2.24, 2.45) is 0 Å². The topological polar surface area (TPSA) is 37.3 Å². The summed E-state index contributed by atoms with van der Waals surface area (Å²) in [7, 11) is 0. The van der Waals surface area contributed by atoms with Crippen molar-refractivity contribution in [3.05, 3.63) is 0 Å². The highest BCUT2D eigenvalue weighted by Gasteiger charge is 2.17. The molecular weight excluding hydrogens is 135 g/mol. The fraction of sp³-hybridized carbons (Fsp3) is 0.857. The molecule has 2 unspecified atom stereocenters. The summed E-state index contributed by atoms with van der Waals surface area (Å²) < 4.78 is 12.5. The number of hydrogen-bond acceptors (Lipinski definition) is 2. The van der Waals surface area contributed by atoms with Crippen molar-refractivity contribution in [2.45, 2.75) is 39.0 Å². The molecule has 0 spiro atoms. The van der Waals surface area contributed by atoms with Crippen LogP contribution in [0.1, 0.15) is 26.7 Å². The summed E-state index contributed by atoms with van der Waals surface area (Å²) in [6.45, 7) is 2.97. The molecule has 0 aliphatic rings. The Morgan fingerprint density at radius 1 is 1.70 bits per heavy atom. The van der Waals surface area contributed by atoms with Crippen molar-refractivity contribution >= 4 is 5.78 Å². The lowest BCUT2D eigenvalue weighted by atomic mass is 10.1. The van der Waals surface area contributed by atoms with Crippen molar-refractivity contribution < 1.29 is 14.3 Å². The van der Waals surface area contributed by atoms with Crippen molar-refractivity contribution in [1.29, 1.82) is 0 Å². The zero-order chi connectivity index (χ0) is 8.15. The van der Waals surface area contributed by atoms with Gasteiger partial charge in [0.15, 0.2) is 0 Å². The van der Waals surface area contributed by atoms with Gasteiger partial charge >= 0.3 is 0 Å². The van der Waals surface area contributed by atoms with Crippen LogP contribution in [-0.2, 0) is 4.79 Å². The molecule has 0 aliphatic heterocycles. The van der Waals surface area contributed by atoms with E-state index in [0.717, 1.165) is 0 Å². The van der Waals surface area contributed by atoms with E-state index in [4.69, 9.17) is 5.11 Å². The van der Waals surface area contributed by atoms with Crippen LogP contribution in [0, 0.1) is 0 Å². The molecule has 3 heteroatoms. The molecule has 0 radical (unpaired) electrons. The quantitative estimate of drug-likeness (QED) is 0.647. The Hall–Kier alpha value is -0.440. The molecule has 0 heterocycles. The lowest BCUT2D eigenvalue weighted by Gasteiger charge is -2.11. The first-order valence-electron chi connectivity index (χ1n) is 3.39. The van der Waals surface area contributed by atoms with E-state index >= 15 is 0 Å². The van der Waals surface area contributed by atoms with Gasteiger partial charge in [0.25, 0.3) is 0 Å². The summed E-state index contributed by atoms with van der Waals surface area (Å²) in [4.78, 5) is 10.3. The third-order valence-corrected chi connectivity index (χ3v) is 1.30. The molecule has 60 valence electrons. The number of Topliss-reactive ketones (excluding diaryl/α,β-unsaturated/α-hetero) is 1. The van der Waals surface area contributed by atoms with E-state index in [1.54, 1.807) is 6.92 Å². The van der Waals surface area contributed by atoms with Gasteiger partial charge in [-0.3, -0.25) is 4.79 Å². The molecule has 2 nitrogen and oxygen atoms in total. The molecule has 2 atom stereocenters. The van der Waals surface area contributed by atoms with Crippen LogP contribution in [0.3, 0.4) is 0 Å². The van der Waals surface area contributed by atoms with Gasteiger partial charge in [0.1, 0.15) is 12.0 Å². The summed E-state index contributed by atoms with van der Waals surface area (Å²) in [5.41, 5.74) is 0.